The van der Waals surface area contributed by atoms with E-state index < -0.39 is 11.2 Å². The standard InChI is InChI=1S/C28H45N3O6.C19H30N2O2.ClH/c1-19-12-13-22-23(34-8)17-20(29-24(22)31(19)26(33)37-28(5,6)7)11-9-10-16-35-21-14-15-30(18-21)25(32)36-27(2,3)4;1-14-6-7-17-18(11-14)21-15(12-19(17)22-2)5-3-4-10-23-16-8-9-20-13-16;/h17,19,21H,9-16,18H2,1-8H3;12,14,16,20H,3-11,13H2,1-2H3;1H/t19?,21-;14?,16-;/m11./s1. The molecule has 2 fully saturated rings. The first kappa shape index (κ1) is 50.3. The number of anilines is 1. The van der Waals surface area contributed by atoms with Crippen molar-refractivity contribution in [3.8, 4) is 11.5 Å². The highest BCUT2D eigenvalue weighted by atomic mass is 35.5. The number of hydrogen-bond donors (Lipinski definition) is 1. The molecule has 6 rings (SSSR count). The van der Waals surface area contributed by atoms with Crippen LogP contribution in [0.1, 0.15) is 135 Å². The van der Waals surface area contributed by atoms with Crippen LogP contribution in [0.15, 0.2) is 12.1 Å². The zero-order chi connectivity index (χ0) is 43.5. The molecule has 14 heteroatoms. The van der Waals surface area contributed by atoms with E-state index in [1.165, 1.54) is 23.4 Å². The maximum Gasteiger partial charge on any atom is 0.416 e. The Morgan fingerprint density at radius 3 is 1.95 bits per heavy atom. The number of halogens is 1. The first-order valence-corrected chi connectivity index (χ1v) is 22.6. The molecule has 2 unspecified atom stereocenters. The minimum Gasteiger partial charge on any atom is -0.496 e. The Kier molecular flexibility index (Phi) is 19.2. The summed E-state index contributed by atoms with van der Waals surface area (Å²) in [5, 5.41) is 3.34. The molecule has 61 heavy (non-hydrogen) atoms. The van der Waals surface area contributed by atoms with Gasteiger partial charge >= 0.3 is 12.2 Å². The van der Waals surface area contributed by atoms with E-state index in [9.17, 15) is 9.59 Å². The van der Waals surface area contributed by atoms with Gasteiger partial charge in [0, 0.05) is 72.7 Å². The van der Waals surface area contributed by atoms with Crippen molar-refractivity contribution >= 4 is 30.4 Å². The van der Waals surface area contributed by atoms with Crippen LogP contribution in [0.3, 0.4) is 0 Å². The molecule has 13 nitrogen and oxygen atoms in total. The van der Waals surface area contributed by atoms with Gasteiger partial charge < -0.3 is 38.6 Å². The minimum absolute atomic E-state index is 0. The maximum absolute atomic E-state index is 13.0. The van der Waals surface area contributed by atoms with E-state index in [1.54, 1.807) is 24.0 Å². The van der Waals surface area contributed by atoms with Crippen molar-refractivity contribution < 1.29 is 38.0 Å². The Morgan fingerprint density at radius 2 is 1.34 bits per heavy atom. The van der Waals surface area contributed by atoms with Gasteiger partial charge in [-0.05, 0) is 144 Å². The fourth-order valence-electron chi connectivity index (χ4n) is 8.26. The number of likely N-dealkylation sites (tertiary alicyclic amines) is 1. The van der Waals surface area contributed by atoms with Gasteiger partial charge in [0.05, 0.1) is 33.0 Å². The van der Waals surface area contributed by atoms with Gasteiger partial charge in [-0.25, -0.2) is 14.6 Å². The minimum atomic E-state index is -0.584. The van der Waals surface area contributed by atoms with Crippen molar-refractivity contribution in [1.29, 1.82) is 0 Å². The third-order valence-electron chi connectivity index (χ3n) is 11.5. The fourth-order valence-corrected chi connectivity index (χ4v) is 8.26. The number of unbranched alkanes of at least 4 members (excludes halogenated alkanes) is 2. The second-order valence-corrected chi connectivity index (χ2v) is 19.1. The molecule has 0 spiro atoms. The number of rotatable bonds is 14. The van der Waals surface area contributed by atoms with Gasteiger partial charge in [-0.15, -0.1) is 12.4 Å². The lowest BCUT2D eigenvalue weighted by molar-refractivity contribution is 0.0206. The lowest BCUT2D eigenvalue weighted by atomic mass is 9.87. The molecule has 1 N–H and O–H groups in total. The summed E-state index contributed by atoms with van der Waals surface area (Å²) < 4.78 is 34.4. The van der Waals surface area contributed by atoms with Gasteiger partial charge in [0.1, 0.15) is 28.5 Å². The van der Waals surface area contributed by atoms with E-state index in [1.807, 2.05) is 54.5 Å². The van der Waals surface area contributed by atoms with Crippen LogP contribution in [0, 0.1) is 5.92 Å². The highest BCUT2D eigenvalue weighted by Gasteiger charge is 2.35. The van der Waals surface area contributed by atoms with Gasteiger partial charge in [-0.2, -0.15) is 0 Å². The molecule has 0 radical (unpaired) electrons. The zero-order valence-corrected chi connectivity index (χ0v) is 39.7. The number of ether oxygens (including phenoxy) is 6. The fraction of sp³-hybridized carbons (Fsp3) is 0.745. The molecule has 2 saturated heterocycles. The summed E-state index contributed by atoms with van der Waals surface area (Å²) in [4.78, 5) is 38.5. The van der Waals surface area contributed by atoms with Crippen molar-refractivity contribution in [2.24, 2.45) is 5.92 Å². The number of pyridine rings is 2. The number of nitrogens with one attached hydrogen (secondary N) is 1. The predicted molar refractivity (Wildman–Crippen MR) is 242 cm³/mol. The molecule has 0 aromatic carbocycles. The normalized spacial score (nSPS) is 21.1. The molecule has 4 atom stereocenters. The topological polar surface area (TPSA) is 134 Å². The smallest absolute Gasteiger partial charge is 0.416 e. The van der Waals surface area contributed by atoms with Gasteiger partial charge in [0.25, 0.3) is 0 Å². The largest absolute Gasteiger partial charge is 0.496 e. The quantitative estimate of drug-likeness (QED) is 0.183. The van der Waals surface area contributed by atoms with E-state index >= 15 is 0 Å². The van der Waals surface area contributed by atoms with Crippen molar-refractivity contribution in [2.45, 2.75) is 168 Å². The molecule has 1 aliphatic carbocycles. The van der Waals surface area contributed by atoms with Crippen molar-refractivity contribution in [3.63, 3.8) is 0 Å². The first-order valence-electron chi connectivity index (χ1n) is 22.6. The summed E-state index contributed by atoms with van der Waals surface area (Å²) in [6.07, 6.45) is 12.6. The number of hydrogen-bond acceptors (Lipinski definition) is 11. The SMILES string of the molecule is COc1cc(CCCCO[C@@H]2CCN(C(=O)OC(C)(C)C)C2)nc2c1CCC(C)N2C(=O)OC(C)(C)C.COc1cc(CCCCO[C@@H]2CCNC2)nc2c1CCC(C)C2.Cl. The second-order valence-electron chi connectivity index (χ2n) is 19.1. The zero-order valence-electron chi connectivity index (χ0n) is 38.9. The number of nitrogens with zero attached hydrogens (tertiary/aromatic N) is 4. The number of methoxy groups -OCH3 is 2. The first-order chi connectivity index (χ1) is 28.5. The second kappa shape index (κ2) is 23.3. The summed E-state index contributed by atoms with van der Waals surface area (Å²) in [5.41, 5.74) is 4.55. The van der Waals surface area contributed by atoms with Gasteiger partial charge in [-0.1, -0.05) is 6.92 Å². The number of fused-ring (bicyclic) bond motifs is 2. The monoisotopic (exact) mass is 874 g/mol. The number of amides is 2. The van der Waals surface area contributed by atoms with Crippen molar-refractivity contribution in [1.82, 2.24) is 20.2 Å². The third kappa shape index (κ3) is 15.4. The van der Waals surface area contributed by atoms with E-state index in [0.29, 0.717) is 31.6 Å². The number of carbonyl (C=O) groups excluding carboxylic acids is 2. The Bertz CT molecular complexity index is 1710. The summed E-state index contributed by atoms with van der Waals surface area (Å²) in [5.74, 6) is 3.20. The lowest BCUT2D eigenvalue weighted by Crippen LogP contribution is -2.45. The van der Waals surface area contributed by atoms with Crippen molar-refractivity contribution in [3.05, 3.63) is 40.3 Å². The Labute approximate surface area is 372 Å². The van der Waals surface area contributed by atoms with Gasteiger partial charge in [0.15, 0.2) is 0 Å². The van der Waals surface area contributed by atoms with Gasteiger partial charge in [0.2, 0.25) is 0 Å². The van der Waals surface area contributed by atoms with Crippen LogP contribution in [0.4, 0.5) is 15.4 Å². The molecule has 0 bridgehead atoms. The van der Waals surface area contributed by atoms with E-state index in [2.05, 4.69) is 18.3 Å². The third-order valence-corrected chi connectivity index (χ3v) is 11.5. The average molecular weight is 875 g/mol. The van der Waals surface area contributed by atoms with Crippen LogP contribution in [0.5, 0.6) is 11.5 Å². The Balaban J connectivity index is 0.000000292. The van der Waals surface area contributed by atoms with Crippen LogP contribution in [0.2, 0.25) is 0 Å². The summed E-state index contributed by atoms with van der Waals surface area (Å²) in [6, 6.07) is 4.13. The summed E-state index contributed by atoms with van der Waals surface area (Å²) in [7, 11) is 3.44. The molecule has 0 saturated carbocycles. The van der Waals surface area contributed by atoms with Crippen LogP contribution in [-0.2, 0) is 51.1 Å². The Hall–Kier alpha value is -3.39. The van der Waals surface area contributed by atoms with Crippen LogP contribution < -0.4 is 19.7 Å². The van der Waals surface area contributed by atoms with Crippen LogP contribution in [0.25, 0.3) is 0 Å². The molecule has 3 aliphatic heterocycles. The van der Waals surface area contributed by atoms with E-state index in [4.69, 9.17) is 38.4 Å². The lowest BCUT2D eigenvalue weighted by Gasteiger charge is -2.36. The molecule has 5 heterocycles. The molecular weight excluding hydrogens is 798 g/mol. The molecular formula is C47H76ClN5O8. The molecule has 344 valence electrons. The molecule has 4 aliphatic rings. The van der Waals surface area contributed by atoms with E-state index in [-0.39, 0.29) is 36.7 Å². The van der Waals surface area contributed by atoms with Crippen LogP contribution in [-0.4, -0.2) is 110 Å². The van der Waals surface area contributed by atoms with Gasteiger partial charge in [-0.3, -0.25) is 9.88 Å². The highest BCUT2D eigenvalue weighted by molar-refractivity contribution is 5.89. The Morgan fingerprint density at radius 1 is 0.754 bits per heavy atom. The highest BCUT2D eigenvalue weighted by Crippen LogP contribution is 2.37. The summed E-state index contributed by atoms with van der Waals surface area (Å²) >= 11 is 0. The number of aromatic nitrogens is 2. The number of aryl methyl sites for hydroxylation is 2. The predicted octanol–water partition coefficient (Wildman–Crippen LogP) is 8.85. The maximum atomic E-state index is 13.0. The van der Waals surface area contributed by atoms with E-state index in [0.717, 1.165) is 125 Å². The molecule has 2 amide bonds. The molecule has 2 aromatic heterocycles. The average Bonchev–Trinajstić information content (AvgIpc) is 3.89. The van der Waals surface area contributed by atoms with Crippen molar-refractivity contribution in [2.75, 3.05) is 58.5 Å². The summed E-state index contributed by atoms with van der Waals surface area (Å²) in [6.45, 7) is 20.4. The molecule has 2 aromatic rings. The van der Waals surface area contributed by atoms with Crippen LogP contribution >= 0.6 is 12.4 Å². The number of carbonyl (C=O) groups is 2.